The Morgan fingerprint density at radius 3 is 2.55 bits per heavy atom. The van der Waals surface area contributed by atoms with E-state index in [1.165, 1.54) is 12.5 Å². The molecule has 154 valence electrons. The molecule has 1 atom stereocenters. The fourth-order valence-corrected chi connectivity index (χ4v) is 3.86. The lowest BCUT2D eigenvalue weighted by Gasteiger charge is -2.34. The highest BCUT2D eigenvalue weighted by Gasteiger charge is 2.33. The highest BCUT2D eigenvalue weighted by Crippen LogP contribution is 2.32. The molecule has 29 heavy (non-hydrogen) atoms. The molecule has 0 saturated carbocycles. The van der Waals surface area contributed by atoms with Crippen molar-refractivity contribution in [3.63, 3.8) is 0 Å². The third kappa shape index (κ3) is 5.97. The topological polar surface area (TPSA) is 68.7 Å². The van der Waals surface area contributed by atoms with E-state index in [0.717, 1.165) is 16.3 Å². The van der Waals surface area contributed by atoms with E-state index in [4.69, 9.17) is 14.5 Å². The van der Waals surface area contributed by atoms with Crippen molar-refractivity contribution in [1.29, 1.82) is 0 Å². The van der Waals surface area contributed by atoms with Gasteiger partial charge in [-0.1, -0.05) is 36.4 Å². The maximum Gasteiger partial charge on any atom is 0.410 e. The Balaban J connectivity index is 1.79. The molecular formula is C22H26N2O4S. The summed E-state index contributed by atoms with van der Waals surface area (Å²) in [5.41, 5.74) is 2.19. The average molecular weight is 415 g/mol. The monoisotopic (exact) mass is 414 g/mol. The maximum absolute atomic E-state index is 12.5. The van der Waals surface area contributed by atoms with E-state index in [-0.39, 0.29) is 6.54 Å². The van der Waals surface area contributed by atoms with Crippen molar-refractivity contribution in [3.8, 4) is 0 Å². The van der Waals surface area contributed by atoms with Gasteiger partial charge < -0.3 is 9.47 Å². The molecule has 1 aromatic heterocycles. The van der Waals surface area contributed by atoms with Crippen molar-refractivity contribution >= 4 is 23.8 Å². The highest BCUT2D eigenvalue weighted by molar-refractivity contribution is 7.98. The molecular weight excluding hydrogens is 388 g/mol. The molecule has 1 unspecified atom stereocenters. The lowest BCUT2D eigenvalue weighted by Crippen LogP contribution is -2.42. The van der Waals surface area contributed by atoms with Crippen LogP contribution in [0, 0.1) is 0 Å². The number of rotatable bonds is 4. The van der Waals surface area contributed by atoms with Crippen molar-refractivity contribution in [2.45, 2.75) is 56.7 Å². The van der Waals surface area contributed by atoms with Gasteiger partial charge in [0.2, 0.25) is 0 Å². The number of fused-ring (bicyclic) bond motifs is 1. The summed E-state index contributed by atoms with van der Waals surface area (Å²) in [5, 5.41) is 0.857. The Labute approximate surface area is 175 Å². The van der Waals surface area contributed by atoms with E-state index in [2.05, 4.69) is 12.1 Å². The zero-order chi connectivity index (χ0) is 21.0. The van der Waals surface area contributed by atoms with Gasteiger partial charge in [0, 0.05) is 12.7 Å². The molecule has 0 radical (unpaired) electrons. The van der Waals surface area contributed by atoms with Crippen LogP contribution in [0.1, 0.15) is 50.6 Å². The number of carbonyl (C=O) groups is 2. The molecule has 3 rings (SSSR count). The SMILES string of the molecule is CC(=O)OC1CN(C(=O)OC(C)(C)C)Cc2ccc(SCc3ccccc3)nc21. The van der Waals surface area contributed by atoms with Gasteiger partial charge in [-0.15, -0.1) is 11.8 Å². The average Bonchev–Trinajstić information content (AvgIpc) is 2.65. The molecule has 1 amide bonds. The Morgan fingerprint density at radius 1 is 1.17 bits per heavy atom. The van der Waals surface area contributed by atoms with E-state index < -0.39 is 23.8 Å². The highest BCUT2D eigenvalue weighted by atomic mass is 32.2. The second-order valence-electron chi connectivity index (χ2n) is 7.93. The second-order valence-corrected chi connectivity index (χ2v) is 8.92. The van der Waals surface area contributed by atoms with E-state index in [1.54, 1.807) is 16.7 Å². The van der Waals surface area contributed by atoms with Gasteiger partial charge in [0.05, 0.1) is 23.8 Å². The van der Waals surface area contributed by atoms with Gasteiger partial charge in [-0.2, -0.15) is 0 Å². The van der Waals surface area contributed by atoms with E-state index in [9.17, 15) is 9.59 Å². The number of ether oxygens (including phenoxy) is 2. The van der Waals surface area contributed by atoms with Crippen LogP contribution in [-0.2, 0) is 26.6 Å². The lowest BCUT2D eigenvalue weighted by atomic mass is 10.0. The molecule has 2 aromatic rings. The smallest absolute Gasteiger partial charge is 0.410 e. The number of hydrogen-bond acceptors (Lipinski definition) is 6. The predicted molar refractivity (Wildman–Crippen MR) is 111 cm³/mol. The van der Waals surface area contributed by atoms with Gasteiger partial charge in [0.1, 0.15) is 5.60 Å². The van der Waals surface area contributed by atoms with E-state index >= 15 is 0 Å². The minimum absolute atomic E-state index is 0.224. The molecule has 1 aliphatic rings. The first-order chi connectivity index (χ1) is 13.7. The van der Waals surface area contributed by atoms with Crippen molar-refractivity contribution in [1.82, 2.24) is 9.88 Å². The summed E-state index contributed by atoms with van der Waals surface area (Å²) in [6.07, 6.45) is -1.04. The number of hydrogen-bond donors (Lipinski definition) is 0. The fraction of sp³-hybridized carbons (Fsp3) is 0.409. The number of pyridine rings is 1. The number of carbonyl (C=O) groups excluding carboxylic acids is 2. The number of esters is 1. The first kappa shape index (κ1) is 21.2. The second kappa shape index (κ2) is 8.86. The van der Waals surface area contributed by atoms with Gasteiger partial charge in [-0.3, -0.25) is 9.69 Å². The number of aromatic nitrogens is 1. The molecule has 0 N–H and O–H groups in total. The summed E-state index contributed by atoms with van der Waals surface area (Å²) in [6, 6.07) is 14.1. The van der Waals surface area contributed by atoms with Crippen molar-refractivity contribution in [3.05, 3.63) is 59.3 Å². The van der Waals surface area contributed by atoms with Crippen LogP contribution < -0.4 is 0 Å². The molecule has 1 aromatic carbocycles. The van der Waals surface area contributed by atoms with E-state index in [1.807, 2.05) is 51.1 Å². The van der Waals surface area contributed by atoms with Crippen LogP contribution in [-0.4, -0.2) is 34.1 Å². The Hall–Kier alpha value is -2.54. The van der Waals surface area contributed by atoms with Crippen molar-refractivity contribution in [2.24, 2.45) is 0 Å². The van der Waals surface area contributed by atoms with Crippen LogP contribution in [0.3, 0.4) is 0 Å². The molecule has 2 heterocycles. The van der Waals surface area contributed by atoms with Crippen LogP contribution in [0.4, 0.5) is 4.79 Å². The quantitative estimate of drug-likeness (QED) is 0.532. The Morgan fingerprint density at radius 2 is 1.90 bits per heavy atom. The largest absolute Gasteiger partial charge is 0.454 e. The first-order valence-corrected chi connectivity index (χ1v) is 10.5. The summed E-state index contributed by atoms with van der Waals surface area (Å²) in [5.74, 6) is 0.394. The summed E-state index contributed by atoms with van der Waals surface area (Å²) in [7, 11) is 0. The molecule has 0 saturated heterocycles. The van der Waals surface area contributed by atoms with Gasteiger partial charge in [-0.25, -0.2) is 9.78 Å². The third-order valence-electron chi connectivity index (χ3n) is 4.23. The van der Waals surface area contributed by atoms with Crippen LogP contribution in [0.15, 0.2) is 47.5 Å². The summed E-state index contributed by atoms with van der Waals surface area (Å²) in [6.45, 7) is 7.43. The zero-order valence-electron chi connectivity index (χ0n) is 17.2. The number of benzene rings is 1. The Bertz CT molecular complexity index is 880. The predicted octanol–water partition coefficient (Wildman–Crippen LogP) is 4.73. The Kier molecular flexibility index (Phi) is 6.47. The van der Waals surface area contributed by atoms with Gasteiger partial charge in [0.25, 0.3) is 0 Å². The molecule has 7 heteroatoms. The summed E-state index contributed by atoms with van der Waals surface area (Å²) >= 11 is 1.63. The molecule has 0 bridgehead atoms. The number of amides is 1. The minimum atomic E-state index is -0.610. The molecule has 1 aliphatic heterocycles. The van der Waals surface area contributed by atoms with Crippen molar-refractivity contribution in [2.75, 3.05) is 6.54 Å². The maximum atomic E-state index is 12.5. The van der Waals surface area contributed by atoms with Gasteiger partial charge in [0.15, 0.2) is 6.10 Å². The fourth-order valence-electron chi connectivity index (χ4n) is 3.03. The van der Waals surface area contributed by atoms with E-state index in [0.29, 0.717) is 12.2 Å². The normalized spacial score (nSPS) is 16.1. The van der Waals surface area contributed by atoms with Crippen LogP contribution in [0.2, 0.25) is 0 Å². The molecule has 0 fully saturated rings. The van der Waals surface area contributed by atoms with Crippen LogP contribution in [0.5, 0.6) is 0 Å². The number of nitrogens with zero attached hydrogens (tertiary/aromatic N) is 2. The van der Waals surface area contributed by atoms with Gasteiger partial charge in [-0.05, 0) is 38.0 Å². The number of thioether (sulfide) groups is 1. The molecule has 0 aliphatic carbocycles. The summed E-state index contributed by atoms with van der Waals surface area (Å²) in [4.78, 5) is 30.4. The van der Waals surface area contributed by atoms with Crippen LogP contribution in [0.25, 0.3) is 0 Å². The van der Waals surface area contributed by atoms with Crippen molar-refractivity contribution < 1.29 is 19.1 Å². The van der Waals surface area contributed by atoms with Crippen LogP contribution >= 0.6 is 11.8 Å². The molecule has 6 nitrogen and oxygen atoms in total. The standard InChI is InChI=1S/C22H26N2O4S/c1-15(25)27-18-13-24(21(26)28-22(2,3)4)12-17-10-11-19(23-20(17)18)29-14-16-8-6-5-7-9-16/h5-11,18H,12-14H2,1-4H3. The lowest BCUT2D eigenvalue weighted by molar-refractivity contribution is -0.148. The van der Waals surface area contributed by atoms with Gasteiger partial charge >= 0.3 is 12.1 Å². The third-order valence-corrected chi connectivity index (χ3v) is 5.23. The summed E-state index contributed by atoms with van der Waals surface area (Å²) < 4.78 is 11.0. The molecule has 0 spiro atoms. The zero-order valence-corrected chi connectivity index (χ0v) is 18.0. The first-order valence-electron chi connectivity index (χ1n) is 9.53. The minimum Gasteiger partial charge on any atom is -0.454 e.